The van der Waals surface area contributed by atoms with Gasteiger partial charge < -0.3 is 9.80 Å². The second kappa shape index (κ2) is 6.39. The van der Waals surface area contributed by atoms with Crippen LogP contribution in [0.25, 0.3) is 0 Å². The Morgan fingerprint density at radius 1 is 1.12 bits per heavy atom. The van der Waals surface area contributed by atoms with Gasteiger partial charge in [0, 0.05) is 37.5 Å². The molecule has 2 aromatic carbocycles. The zero-order chi connectivity index (χ0) is 17.3. The number of nitrogens with zero attached hydrogens (tertiary/aromatic N) is 2. The molecule has 2 aromatic rings. The van der Waals surface area contributed by atoms with Crippen LogP contribution in [0.5, 0.6) is 0 Å². The Kier molecular flexibility index (Phi) is 4.29. The summed E-state index contributed by atoms with van der Waals surface area (Å²) in [6.07, 6.45) is 0.0990. The van der Waals surface area contributed by atoms with Crippen LogP contribution in [0.2, 0.25) is 0 Å². The average molecular weight is 330 g/mol. The third-order valence-electron chi connectivity index (χ3n) is 4.16. The van der Waals surface area contributed by atoms with Gasteiger partial charge in [-0.05, 0) is 24.3 Å². The highest BCUT2D eigenvalue weighted by Gasteiger charge is 2.36. The highest BCUT2D eigenvalue weighted by molar-refractivity contribution is 6.04. The van der Waals surface area contributed by atoms with E-state index in [2.05, 4.69) is 0 Å². The van der Waals surface area contributed by atoms with E-state index in [1.165, 1.54) is 18.0 Å². The molecule has 3 rings (SSSR count). The van der Waals surface area contributed by atoms with Crippen molar-refractivity contribution in [2.45, 2.75) is 6.42 Å². The summed E-state index contributed by atoms with van der Waals surface area (Å²) in [6.45, 7) is 0.274. The fourth-order valence-corrected chi connectivity index (χ4v) is 2.83. The molecule has 1 aliphatic heterocycles. The number of rotatable bonds is 3. The fourth-order valence-electron chi connectivity index (χ4n) is 2.83. The average Bonchev–Trinajstić information content (AvgIpc) is 2.98. The van der Waals surface area contributed by atoms with Crippen molar-refractivity contribution in [3.63, 3.8) is 0 Å². The minimum absolute atomic E-state index is 0.0990. The van der Waals surface area contributed by atoms with Crippen LogP contribution < -0.4 is 9.80 Å². The molecule has 0 unspecified atom stereocenters. The van der Waals surface area contributed by atoms with Gasteiger partial charge in [-0.1, -0.05) is 18.2 Å². The van der Waals surface area contributed by atoms with Gasteiger partial charge in [0.15, 0.2) is 11.6 Å². The van der Waals surface area contributed by atoms with E-state index in [0.29, 0.717) is 0 Å². The van der Waals surface area contributed by atoms with Crippen LogP contribution in [0, 0.1) is 17.6 Å². The maximum atomic E-state index is 13.4. The van der Waals surface area contributed by atoms with Gasteiger partial charge in [0.2, 0.25) is 11.8 Å². The Morgan fingerprint density at radius 3 is 2.50 bits per heavy atom. The number of anilines is 2. The van der Waals surface area contributed by atoms with E-state index in [9.17, 15) is 18.4 Å². The minimum atomic E-state index is -1.01. The highest BCUT2D eigenvalue weighted by Crippen LogP contribution is 2.27. The van der Waals surface area contributed by atoms with Crippen LogP contribution in [-0.2, 0) is 9.59 Å². The Balaban J connectivity index is 1.76. The number of para-hydroxylation sites is 1. The first-order valence-electron chi connectivity index (χ1n) is 7.55. The summed E-state index contributed by atoms with van der Waals surface area (Å²) in [4.78, 5) is 27.6. The van der Waals surface area contributed by atoms with Crippen LogP contribution >= 0.6 is 0 Å². The monoisotopic (exact) mass is 330 g/mol. The largest absolute Gasteiger partial charge is 0.315 e. The van der Waals surface area contributed by atoms with Gasteiger partial charge in [-0.25, -0.2) is 8.78 Å². The molecule has 6 heteroatoms. The van der Waals surface area contributed by atoms with E-state index < -0.39 is 17.6 Å². The predicted molar refractivity (Wildman–Crippen MR) is 86.7 cm³/mol. The van der Waals surface area contributed by atoms with Crippen molar-refractivity contribution in [1.29, 1.82) is 0 Å². The Morgan fingerprint density at radius 2 is 1.83 bits per heavy atom. The molecule has 1 fully saturated rings. The number of halogens is 2. The lowest BCUT2D eigenvalue weighted by Crippen LogP contribution is -2.34. The van der Waals surface area contributed by atoms with Gasteiger partial charge >= 0.3 is 0 Å². The first-order valence-corrected chi connectivity index (χ1v) is 7.55. The Labute approximate surface area is 138 Å². The Bertz CT molecular complexity index is 780. The summed E-state index contributed by atoms with van der Waals surface area (Å²) >= 11 is 0. The summed E-state index contributed by atoms with van der Waals surface area (Å²) in [5, 5.41) is 0. The molecule has 1 atom stereocenters. The second-order valence-electron chi connectivity index (χ2n) is 5.74. The maximum absolute atomic E-state index is 13.4. The van der Waals surface area contributed by atoms with Crippen LogP contribution in [0.3, 0.4) is 0 Å². The van der Waals surface area contributed by atoms with E-state index in [1.54, 1.807) is 4.90 Å². The Hall–Kier alpha value is -2.76. The van der Waals surface area contributed by atoms with Gasteiger partial charge in [-0.15, -0.1) is 0 Å². The van der Waals surface area contributed by atoms with Gasteiger partial charge in [-0.2, -0.15) is 0 Å². The van der Waals surface area contributed by atoms with Gasteiger partial charge in [0.05, 0.1) is 5.92 Å². The van der Waals surface area contributed by atoms with E-state index in [-0.39, 0.29) is 30.5 Å². The molecule has 0 saturated carbocycles. The van der Waals surface area contributed by atoms with E-state index in [1.807, 2.05) is 30.3 Å². The summed E-state index contributed by atoms with van der Waals surface area (Å²) < 4.78 is 26.4. The quantitative estimate of drug-likeness (QED) is 0.868. The number of hydrogen-bond donors (Lipinski definition) is 0. The summed E-state index contributed by atoms with van der Waals surface area (Å²) in [7, 11) is 1.49. The number of carbonyl (C=O) groups excluding carboxylic acids is 2. The van der Waals surface area contributed by atoms with Crippen molar-refractivity contribution in [2.24, 2.45) is 5.92 Å². The standard InChI is InChI=1S/C18H16F2N2O2/c1-21(14-7-8-15(19)16(20)10-14)18(24)12-9-17(23)22(11-12)13-5-3-2-4-6-13/h2-8,10,12H,9,11H2,1H3/t12-/m1/s1. The number of carbonyl (C=O) groups is 2. The highest BCUT2D eigenvalue weighted by atomic mass is 19.2. The van der Waals surface area contributed by atoms with E-state index in [0.717, 1.165) is 17.8 Å². The molecular formula is C18H16F2N2O2. The molecule has 124 valence electrons. The molecule has 1 heterocycles. The van der Waals surface area contributed by atoms with Crippen molar-refractivity contribution in [2.75, 3.05) is 23.4 Å². The summed E-state index contributed by atoms with van der Waals surface area (Å²) in [5.41, 5.74) is 0.998. The van der Waals surface area contributed by atoms with Crippen LogP contribution in [0.15, 0.2) is 48.5 Å². The zero-order valence-corrected chi connectivity index (χ0v) is 13.1. The molecule has 2 amide bonds. The summed E-state index contributed by atoms with van der Waals surface area (Å²) in [5.74, 6) is -2.92. The predicted octanol–water partition coefficient (Wildman–Crippen LogP) is 2.98. The van der Waals surface area contributed by atoms with Crippen LogP contribution in [-0.4, -0.2) is 25.4 Å². The van der Waals surface area contributed by atoms with Crippen molar-refractivity contribution >= 4 is 23.2 Å². The number of amides is 2. The molecule has 1 saturated heterocycles. The van der Waals surface area contributed by atoms with E-state index in [4.69, 9.17) is 0 Å². The third-order valence-corrected chi connectivity index (χ3v) is 4.16. The molecule has 4 nitrogen and oxygen atoms in total. The van der Waals surface area contributed by atoms with Gasteiger partial charge in [0.25, 0.3) is 0 Å². The van der Waals surface area contributed by atoms with Crippen LogP contribution in [0.1, 0.15) is 6.42 Å². The molecule has 0 bridgehead atoms. The first-order chi connectivity index (χ1) is 11.5. The lowest BCUT2D eigenvalue weighted by Gasteiger charge is -2.21. The van der Waals surface area contributed by atoms with Crippen LogP contribution in [0.4, 0.5) is 20.2 Å². The molecule has 0 aliphatic carbocycles. The maximum Gasteiger partial charge on any atom is 0.232 e. The molecule has 1 aliphatic rings. The minimum Gasteiger partial charge on any atom is -0.315 e. The molecule has 0 N–H and O–H groups in total. The summed E-state index contributed by atoms with van der Waals surface area (Å²) in [6, 6.07) is 12.4. The zero-order valence-electron chi connectivity index (χ0n) is 13.1. The molecule has 0 aromatic heterocycles. The van der Waals surface area contributed by atoms with Crippen molar-refractivity contribution in [3.8, 4) is 0 Å². The van der Waals surface area contributed by atoms with Crippen molar-refractivity contribution in [3.05, 3.63) is 60.2 Å². The lowest BCUT2D eigenvalue weighted by atomic mass is 10.1. The SMILES string of the molecule is CN(C(=O)[C@@H]1CC(=O)N(c2ccccc2)C1)c1ccc(F)c(F)c1. The fraction of sp³-hybridized carbons (Fsp3) is 0.222. The lowest BCUT2D eigenvalue weighted by molar-refractivity contribution is -0.124. The smallest absolute Gasteiger partial charge is 0.232 e. The van der Waals surface area contributed by atoms with E-state index >= 15 is 0 Å². The van der Waals surface area contributed by atoms with Crippen molar-refractivity contribution < 1.29 is 18.4 Å². The normalized spacial score (nSPS) is 17.2. The number of hydrogen-bond acceptors (Lipinski definition) is 2. The molecule has 0 spiro atoms. The molecule has 24 heavy (non-hydrogen) atoms. The molecular weight excluding hydrogens is 314 g/mol. The topological polar surface area (TPSA) is 40.6 Å². The van der Waals surface area contributed by atoms with Gasteiger partial charge in [0.1, 0.15) is 0 Å². The first kappa shape index (κ1) is 16.1. The second-order valence-corrected chi connectivity index (χ2v) is 5.74. The number of benzene rings is 2. The third kappa shape index (κ3) is 2.99. The van der Waals surface area contributed by atoms with Crippen molar-refractivity contribution in [1.82, 2.24) is 0 Å². The van der Waals surface area contributed by atoms with Gasteiger partial charge in [-0.3, -0.25) is 9.59 Å². The molecule has 0 radical (unpaired) electrons.